The van der Waals surface area contributed by atoms with Gasteiger partial charge in [-0.3, -0.25) is 9.59 Å². The molecule has 6 heteroatoms. The van der Waals surface area contributed by atoms with Crippen molar-refractivity contribution in [2.75, 3.05) is 13.1 Å². The lowest BCUT2D eigenvalue weighted by Crippen LogP contribution is -2.40. The first-order valence-corrected chi connectivity index (χ1v) is 8.49. The van der Waals surface area contributed by atoms with Gasteiger partial charge in [0.25, 0.3) is 0 Å². The molecule has 0 heterocycles. The molecule has 0 spiro atoms. The Morgan fingerprint density at radius 3 is 2.19 bits per heavy atom. The van der Waals surface area contributed by atoms with Crippen molar-refractivity contribution in [2.24, 2.45) is 5.73 Å². The van der Waals surface area contributed by atoms with Crippen LogP contribution in [0.4, 0.5) is 0 Å². The normalized spacial score (nSPS) is 11.2. The number of halogens is 1. The van der Waals surface area contributed by atoms with Crippen LogP contribution >= 0.6 is 12.4 Å². The van der Waals surface area contributed by atoms with Crippen molar-refractivity contribution >= 4 is 24.2 Å². The largest absolute Gasteiger partial charge is 0.347 e. The molecule has 1 atom stereocenters. The summed E-state index contributed by atoms with van der Waals surface area (Å²) in [5.74, 6) is -0.326. The molecule has 2 rings (SSSR count). The Balaban J connectivity index is 0.00000338. The summed E-state index contributed by atoms with van der Waals surface area (Å²) in [6.45, 7) is 3.04. The van der Waals surface area contributed by atoms with E-state index in [-0.39, 0.29) is 43.2 Å². The molecular weight excluding hydrogens is 350 g/mol. The summed E-state index contributed by atoms with van der Waals surface area (Å²) in [6, 6.07) is 18.9. The number of likely N-dealkylation sites (N-methyl/N-ethyl adjacent to an activating group) is 1. The van der Waals surface area contributed by atoms with Gasteiger partial charge in [-0.2, -0.15) is 0 Å². The van der Waals surface area contributed by atoms with Crippen LogP contribution in [0.15, 0.2) is 60.7 Å². The van der Waals surface area contributed by atoms with Crippen molar-refractivity contribution in [1.82, 2.24) is 10.2 Å². The summed E-state index contributed by atoms with van der Waals surface area (Å²) >= 11 is 0. The zero-order chi connectivity index (χ0) is 18.1. The maximum Gasteiger partial charge on any atom is 0.242 e. The van der Waals surface area contributed by atoms with Gasteiger partial charge in [-0.25, -0.2) is 0 Å². The zero-order valence-electron chi connectivity index (χ0n) is 14.9. The third-order valence-electron chi connectivity index (χ3n) is 4.02. The van der Waals surface area contributed by atoms with E-state index in [2.05, 4.69) is 5.32 Å². The number of amides is 2. The number of rotatable bonds is 8. The summed E-state index contributed by atoms with van der Waals surface area (Å²) in [6.07, 6.45) is 0.155. The van der Waals surface area contributed by atoms with E-state index in [1.807, 2.05) is 67.6 Å². The molecule has 3 N–H and O–H groups in total. The van der Waals surface area contributed by atoms with Crippen molar-refractivity contribution in [1.29, 1.82) is 0 Å². The molecule has 0 radical (unpaired) electrons. The summed E-state index contributed by atoms with van der Waals surface area (Å²) in [4.78, 5) is 26.1. The third kappa shape index (κ3) is 6.86. The lowest BCUT2D eigenvalue weighted by molar-refractivity contribution is -0.133. The molecule has 140 valence electrons. The zero-order valence-corrected chi connectivity index (χ0v) is 15.7. The van der Waals surface area contributed by atoms with Gasteiger partial charge >= 0.3 is 0 Å². The molecule has 0 bridgehead atoms. The highest BCUT2D eigenvalue weighted by molar-refractivity contribution is 5.85. The van der Waals surface area contributed by atoms with Crippen molar-refractivity contribution in [2.45, 2.75) is 25.9 Å². The van der Waals surface area contributed by atoms with E-state index in [0.29, 0.717) is 13.1 Å². The standard InChI is InChI=1S/C20H25N3O2.ClH/c1-2-23(15-16-9-5-3-6-10-16)20(25)14-22-19(24)13-18(21)17-11-7-4-8-12-17;/h3-12,18H,2,13-15,21H2,1H3,(H,22,24);1H. The maximum atomic E-state index is 12.3. The number of carbonyl (C=O) groups excluding carboxylic acids is 2. The number of nitrogens with two attached hydrogens (primary N) is 1. The van der Waals surface area contributed by atoms with E-state index in [4.69, 9.17) is 5.73 Å². The van der Waals surface area contributed by atoms with Crippen LogP contribution in [0.5, 0.6) is 0 Å². The Morgan fingerprint density at radius 2 is 1.62 bits per heavy atom. The van der Waals surface area contributed by atoms with Crippen LogP contribution in [0.3, 0.4) is 0 Å². The van der Waals surface area contributed by atoms with E-state index in [9.17, 15) is 9.59 Å². The molecule has 0 fully saturated rings. The minimum atomic E-state index is -0.372. The van der Waals surface area contributed by atoms with E-state index < -0.39 is 0 Å². The van der Waals surface area contributed by atoms with E-state index >= 15 is 0 Å². The average Bonchev–Trinajstić information content (AvgIpc) is 2.65. The maximum absolute atomic E-state index is 12.3. The number of nitrogens with one attached hydrogen (secondary N) is 1. The van der Waals surface area contributed by atoms with Gasteiger partial charge in [0.15, 0.2) is 0 Å². The molecule has 0 aliphatic carbocycles. The first-order valence-electron chi connectivity index (χ1n) is 8.49. The SMILES string of the molecule is CCN(Cc1ccccc1)C(=O)CNC(=O)CC(N)c1ccccc1.Cl. The van der Waals surface area contributed by atoms with Crippen LogP contribution in [0.25, 0.3) is 0 Å². The van der Waals surface area contributed by atoms with Gasteiger partial charge in [0.2, 0.25) is 11.8 Å². The van der Waals surface area contributed by atoms with Gasteiger partial charge in [0.1, 0.15) is 0 Å². The monoisotopic (exact) mass is 375 g/mol. The van der Waals surface area contributed by atoms with Crippen LogP contribution < -0.4 is 11.1 Å². The van der Waals surface area contributed by atoms with Crippen LogP contribution in [0.2, 0.25) is 0 Å². The van der Waals surface area contributed by atoms with E-state index in [0.717, 1.165) is 11.1 Å². The Labute approximate surface area is 161 Å². The highest BCUT2D eigenvalue weighted by atomic mass is 35.5. The highest BCUT2D eigenvalue weighted by Crippen LogP contribution is 2.12. The molecule has 0 aliphatic heterocycles. The Kier molecular flexibility index (Phi) is 9.41. The van der Waals surface area contributed by atoms with Crippen LogP contribution in [0, 0.1) is 0 Å². The van der Waals surface area contributed by atoms with Crippen molar-refractivity contribution in [3.05, 3.63) is 71.8 Å². The van der Waals surface area contributed by atoms with Crippen LogP contribution in [-0.2, 0) is 16.1 Å². The molecule has 1 unspecified atom stereocenters. The van der Waals surface area contributed by atoms with E-state index in [1.54, 1.807) is 4.90 Å². The molecule has 2 aromatic rings. The third-order valence-corrected chi connectivity index (χ3v) is 4.02. The van der Waals surface area contributed by atoms with Gasteiger partial charge in [-0.1, -0.05) is 60.7 Å². The number of benzene rings is 2. The molecule has 0 aromatic heterocycles. The fraction of sp³-hybridized carbons (Fsp3) is 0.300. The highest BCUT2D eigenvalue weighted by Gasteiger charge is 2.15. The average molecular weight is 376 g/mol. The minimum Gasteiger partial charge on any atom is -0.347 e. The summed E-state index contributed by atoms with van der Waals surface area (Å²) in [7, 11) is 0. The predicted molar refractivity (Wildman–Crippen MR) is 106 cm³/mol. The predicted octanol–water partition coefficient (Wildman–Crippen LogP) is 2.66. The lowest BCUT2D eigenvalue weighted by Gasteiger charge is -2.21. The lowest BCUT2D eigenvalue weighted by atomic mass is 10.0. The molecule has 0 aliphatic rings. The second-order valence-corrected chi connectivity index (χ2v) is 5.89. The van der Waals surface area contributed by atoms with Gasteiger partial charge in [-0.15, -0.1) is 12.4 Å². The van der Waals surface area contributed by atoms with Gasteiger partial charge in [-0.05, 0) is 18.1 Å². The quantitative estimate of drug-likeness (QED) is 0.744. The Bertz CT molecular complexity index is 680. The summed E-state index contributed by atoms with van der Waals surface area (Å²) < 4.78 is 0. The van der Waals surface area contributed by atoms with Crippen LogP contribution in [-0.4, -0.2) is 29.8 Å². The fourth-order valence-corrected chi connectivity index (χ4v) is 2.56. The molecule has 5 nitrogen and oxygen atoms in total. The second-order valence-electron chi connectivity index (χ2n) is 5.89. The molecule has 0 saturated heterocycles. The second kappa shape index (κ2) is 11.3. The van der Waals surface area contributed by atoms with Crippen molar-refractivity contribution < 1.29 is 9.59 Å². The van der Waals surface area contributed by atoms with Crippen molar-refractivity contribution in [3.63, 3.8) is 0 Å². The molecular formula is C20H26ClN3O2. The van der Waals surface area contributed by atoms with Gasteiger partial charge in [0, 0.05) is 25.6 Å². The fourth-order valence-electron chi connectivity index (χ4n) is 2.56. The number of carbonyl (C=O) groups is 2. The molecule has 2 aromatic carbocycles. The molecule has 0 saturated carbocycles. The topological polar surface area (TPSA) is 75.4 Å². The first kappa shape index (κ1) is 21.7. The van der Waals surface area contributed by atoms with Crippen molar-refractivity contribution in [3.8, 4) is 0 Å². The Morgan fingerprint density at radius 1 is 1.04 bits per heavy atom. The number of nitrogens with zero attached hydrogens (tertiary/aromatic N) is 1. The smallest absolute Gasteiger partial charge is 0.242 e. The van der Waals surface area contributed by atoms with Crippen LogP contribution in [0.1, 0.15) is 30.5 Å². The molecule has 26 heavy (non-hydrogen) atoms. The van der Waals surface area contributed by atoms with E-state index in [1.165, 1.54) is 0 Å². The number of hydrogen-bond acceptors (Lipinski definition) is 3. The van der Waals surface area contributed by atoms with Gasteiger partial charge in [0.05, 0.1) is 6.54 Å². The minimum absolute atomic E-state index is 0. The molecule has 2 amide bonds. The number of hydrogen-bond donors (Lipinski definition) is 2. The summed E-state index contributed by atoms with van der Waals surface area (Å²) in [5, 5.41) is 2.67. The van der Waals surface area contributed by atoms with Gasteiger partial charge < -0.3 is 16.0 Å². The first-order chi connectivity index (χ1) is 12.1. The summed E-state index contributed by atoms with van der Waals surface area (Å²) in [5.41, 5.74) is 8.00. The Hall–Kier alpha value is -2.37.